The van der Waals surface area contributed by atoms with E-state index in [-0.39, 0.29) is 29.6 Å². The molecule has 1 aromatic rings. The van der Waals surface area contributed by atoms with Crippen LogP contribution in [0.25, 0.3) is 0 Å². The Hall–Kier alpha value is -1.11. The summed E-state index contributed by atoms with van der Waals surface area (Å²) in [6.45, 7) is 3.33. The molecule has 1 saturated heterocycles. The predicted octanol–water partition coefficient (Wildman–Crippen LogP) is 3.14. The van der Waals surface area contributed by atoms with Crippen LogP contribution in [0.3, 0.4) is 0 Å². The number of nitrogens with two attached hydrogens (primary N) is 1. The van der Waals surface area contributed by atoms with Gasteiger partial charge in [0.25, 0.3) is 5.91 Å². The second-order valence-electron chi connectivity index (χ2n) is 7.48. The van der Waals surface area contributed by atoms with Gasteiger partial charge < -0.3 is 15.5 Å². The van der Waals surface area contributed by atoms with Gasteiger partial charge in [0.1, 0.15) is 0 Å². The van der Waals surface area contributed by atoms with E-state index < -0.39 is 0 Å². The van der Waals surface area contributed by atoms with Gasteiger partial charge in [-0.25, -0.2) is 0 Å². The van der Waals surface area contributed by atoms with Gasteiger partial charge in [-0.2, -0.15) is 11.3 Å². The highest BCUT2D eigenvalue weighted by atomic mass is 35.5. The van der Waals surface area contributed by atoms with Gasteiger partial charge >= 0.3 is 0 Å². The van der Waals surface area contributed by atoms with Gasteiger partial charge in [-0.05, 0) is 42.7 Å². The number of hydrogen-bond acceptors (Lipinski definition) is 4. The second-order valence-corrected chi connectivity index (χ2v) is 8.26. The number of nitrogens with zero attached hydrogens (tertiary/aromatic N) is 2. The first-order valence-electron chi connectivity index (χ1n) is 9.43. The molecular formula is C19H30ClN3O2S. The molecule has 2 amide bonds. The minimum atomic E-state index is 0. The molecule has 5 nitrogen and oxygen atoms in total. The van der Waals surface area contributed by atoms with Crippen LogP contribution in [0.1, 0.15) is 55.3 Å². The van der Waals surface area contributed by atoms with Gasteiger partial charge in [-0.15, -0.1) is 12.4 Å². The van der Waals surface area contributed by atoms with Crippen LogP contribution in [-0.2, 0) is 4.79 Å². The number of hydrogen-bond donors (Lipinski definition) is 1. The molecule has 1 aliphatic heterocycles. The molecule has 1 saturated carbocycles. The summed E-state index contributed by atoms with van der Waals surface area (Å²) in [6, 6.07) is 1.87. The fourth-order valence-electron chi connectivity index (χ4n) is 4.13. The summed E-state index contributed by atoms with van der Waals surface area (Å²) >= 11 is 1.54. The van der Waals surface area contributed by atoms with Crippen LogP contribution in [0, 0.1) is 5.41 Å². The Balaban J connectivity index is 0.00000243. The zero-order chi connectivity index (χ0) is 17.7. The smallest absolute Gasteiger partial charge is 0.254 e. The third-order valence-electron chi connectivity index (χ3n) is 5.78. The quantitative estimate of drug-likeness (QED) is 0.845. The van der Waals surface area contributed by atoms with Crippen molar-refractivity contribution < 1.29 is 9.59 Å². The first-order chi connectivity index (χ1) is 12.1. The highest BCUT2D eigenvalue weighted by Gasteiger charge is 2.35. The Labute approximate surface area is 166 Å². The number of thiophene rings is 1. The van der Waals surface area contributed by atoms with Gasteiger partial charge in [0, 0.05) is 38.0 Å². The molecule has 0 atom stereocenters. The van der Waals surface area contributed by atoms with Crippen molar-refractivity contribution in [3.8, 4) is 0 Å². The van der Waals surface area contributed by atoms with Crippen LogP contribution < -0.4 is 5.73 Å². The Morgan fingerprint density at radius 1 is 1.04 bits per heavy atom. The van der Waals surface area contributed by atoms with Crippen molar-refractivity contribution in [2.75, 3.05) is 32.7 Å². The van der Waals surface area contributed by atoms with E-state index in [0.29, 0.717) is 26.1 Å². The van der Waals surface area contributed by atoms with Gasteiger partial charge in [0.2, 0.25) is 5.91 Å². The van der Waals surface area contributed by atoms with Crippen molar-refractivity contribution in [2.24, 2.45) is 11.1 Å². The lowest BCUT2D eigenvalue weighted by molar-refractivity contribution is -0.134. The maximum absolute atomic E-state index is 12.9. The summed E-state index contributed by atoms with van der Waals surface area (Å²) in [6.07, 6.45) is 7.21. The highest BCUT2D eigenvalue weighted by molar-refractivity contribution is 7.08. The molecule has 0 bridgehead atoms. The van der Waals surface area contributed by atoms with Crippen LogP contribution >= 0.6 is 23.7 Å². The normalized spacial score (nSPS) is 20.2. The van der Waals surface area contributed by atoms with Gasteiger partial charge in [0.15, 0.2) is 0 Å². The largest absolute Gasteiger partial charge is 0.341 e. The van der Waals surface area contributed by atoms with Crippen LogP contribution in [-0.4, -0.2) is 54.3 Å². The SMILES string of the molecule is Cl.NCC1(CC(=O)N2CCCN(C(=O)c3ccsc3)CC2)CCCCC1. The summed E-state index contributed by atoms with van der Waals surface area (Å²) in [7, 11) is 0. The van der Waals surface area contributed by atoms with Crippen LogP contribution in [0.5, 0.6) is 0 Å². The maximum atomic E-state index is 12.9. The van der Waals surface area contributed by atoms with Crippen molar-refractivity contribution >= 4 is 35.6 Å². The van der Waals surface area contributed by atoms with Crippen molar-refractivity contribution in [3.63, 3.8) is 0 Å². The summed E-state index contributed by atoms with van der Waals surface area (Å²) < 4.78 is 0. The number of halogens is 1. The summed E-state index contributed by atoms with van der Waals surface area (Å²) in [5, 5.41) is 3.82. The highest BCUT2D eigenvalue weighted by Crippen LogP contribution is 2.38. The molecule has 3 rings (SSSR count). The van der Waals surface area contributed by atoms with E-state index in [1.165, 1.54) is 19.3 Å². The summed E-state index contributed by atoms with van der Waals surface area (Å²) in [4.78, 5) is 29.2. The molecule has 7 heteroatoms. The topological polar surface area (TPSA) is 66.6 Å². The number of amides is 2. The molecule has 0 radical (unpaired) electrons. The molecule has 0 spiro atoms. The van der Waals surface area contributed by atoms with Gasteiger partial charge in [0.05, 0.1) is 5.56 Å². The van der Waals surface area contributed by atoms with E-state index in [1.54, 1.807) is 11.3 Å². The van der Waals surface area contributed by atoms with Gasteiger partial charge in [-0.1, -0.05) is 19.3 Å². The lowest BCUT2D eigenvalue weighted by Gasteiger charge is -2.37. The van der Waals surface area contributed by atoms with Crippen molar-refractivity contribution in [3.05, 3.63) is 22.4 Å². The molecule has 2 fully saturated rings. The summed E-state index contributed by atoms with van der Waals surface area (Å²) in [5.41, 5.74) is 6.81. The third kappa shape index (κ3) is 4.99. The molecule has 2 N–H and O–H groups in total. The average Bonchev–Trinajstić information content (AvgIpc) is 3.06. The van der Waals surface area contributed by atoms with Gasteiger partial charge in [-0.3, -0.25) is 9.59 Å². The Bertz CT molecular complexity index is 588. The van der Waals surface area contributed by atoms with E-state index in [9.17, 15) is 9.59 Å². The van der Waals surface area contributed by atoms with Crippen LogP contribution in [0.2, 0.25) is 0 Å². The predicted molar refractivity (Wildman–Crippen MR) is 108 cm³/mol. The molecule has 1 aliphatic carbocycles. The van der Waals surface area contributed by atoms with E-state index in [2.05, 4.69) is 0 Å². The number of rotatable bonds is 4. The van der Waals surface area contributed by atoms with Crippen LogP contribution in [0.15, 0.2) is 16.8 Å². The maximum Gasteiger partial charge on any atom is 0.254 e. The van der Waals surface area contributed by atoms with Crippen LogP contribution in [0.4, 0.5) is 0 Å². The zero-order valence-corrected chi connectivity index (χ0v) is 17.0. The molecule has 0 unspecified atom stereocenters. The monoisotopic (exact) mass is 399 g/mol. The number of carbonyl (C=O) groups excluding carboxylic acids is 2. The van der Waals surface area contributed by atoms with Crippen molar-refractivity contribution in [2.45, 2.75) is 44.9 Å². The molecular weight excluding hydrogens is 370 g/mol. The first kappa shape index (κ1) is 21.2. The lowest BCUT2D eigenvalue weighted by Crippen LogP contribution is -2.42. The van der Waals surface area contributed by atoms with E-state index in [1.807, 2.05) is 26.6 Å². The molecule has 146 valence electrons. The second kappa shape index (κ2) is 9.72. The average molecular weight is 400 g/mol. The third-order valence-corrected chi connectivity index (χ3v) is 6.46. The number of carbonyl (C=O) groups is 2. The van der Waals surface area contributed by atoms with Crippen molar-refractivity contribution in [1.29, 1.82) is 0 Å². The van der Waals surface area contributed by atoms with E-state index >= 15 is 0 Å². The molecule has 2 aliphatic rings. The Kier molecular flexibility index (Phi) is 7.92. The summed E-state index contributed by atoms with van der Waals surface area (Å²) in [5.74, 6) is 0.304. The zero-order valence-electron chi connectivity index (χ0n) is 15.3. The van der Waals surface area contributed by atoms with Crippen molar-refractivity contribution in [1.82, 2.24) is 9.80 Å². The molecule has 2 heterocycles. The molecule has 0 aromatic carbocycles. The van der Waals surface area contributed by atoms with E-state index in [0.717, 1.165) is 37.9 Å². The molecule has 26 heavy (non-hydrogen) atoms. The fraction of sp³-hybridized carbons (Fsp3) is 0.684. The Morgan fingerprint density at radius 2 is 1.73 bits per heavy atom. The Morgan fingerprint density at radius 3 is 2.38 bits per heavy atom. The minimum Gasteiger partial charge on any atom is -0.341 e. The first-order valence-corrected chi connectivity index (χ1v) is 10.4. The molecule has 1 aromatic heterocycles. The minimum absolute atomic E-state index is 0. The fourth-order valence-corrected chi connectivity index (χ4v) is 4.76. The lowest BCUT2D eigenvalue weighted by atomic mass is 9.71. The van der Waals surface area contributed by atoms with E-state index in [4.69, 9.17) is 5.73 Å². The standard InChI is InChI=1S/C19H29N3O2S.ClH/c20-15-19(6-2-1-3-7-19)13-17(23)21-8-4-9-22(11-10-21)18(24)16-5-12-25-14-16;/h5,12,14H,1-4,6-11,13,15,20H2;1H.